The van der Waals surface area contributed by atoms with Gasteiger partial charge in [-0.15, -0.1) is 0 Å². The van der Waals surface area contributed by atoms with Crippen molar-refractivity contribution in [3.63, 3.8) is 0 Å². The van der Waals surface area contributed by atoms with Crippen LogP contribution in [0.3, 0.4) is 0 Å². The van der Waals surface area contributed by atoms with E-state index in [0.29, 0.717) is 18.6 Å². The number of hydrogen-bond acceptors (Lipinski definition) is 14. The number of likely N-dealkylation sites (N-methyl/N-ethyl adjacent to an activating group) is 2. The Labute approximate surface area is 582 Å². The molecule has 0 spiro atoms. The molecular formula is C76H144N6O12S. The molecule has 2 aromatic carbocycles. The van der Waals surface area contributed by atoms with Crippen molar-refractivity contribution < 1.29 is 56.2 Å². The van der Waals surface area contributed by atoms with Crippen molar-refractivity contribution in [2.24, 2.45) is 37.9 Å². The van der Waals surface area contributed by atoms with E-state index < -0.39 is 26.8 Å². The second-order valence-corrected chi connectivity index (χ2v) is 36.0. The van der Waals surface area contributed by atoms with Gasteiger partial charge in [-0.1, -0.05) is 209 Å². The molecule has 0 saturated carbocycles. The number of methoxy groups -OCH3 is 1. The maximum atomic E-state index is 11.8. The highest BCUT2D eigenvalue weighted by atomic mass is 32.2. The van der Waals surface area contributed by atoms with Crippen molar-refractivity contribution in [2.45, 2.75) is 245 Å². The van der Waals surface area contributed by atoms with Crippen LogP contribution < -0.4 is 20.1 Å². The quantitative estimate of drug-likeness (QED) is 0.157. The Kier molecular flexibility index (Phi) is 47.4. The molecule has 1 heterocycles. The predicted molar refractivity (Wildman–Crippen MR) is 398 cm³/mol. The number of benzene rings is 2. The van der Waals surface area contributed by atoms with Crippen LogP contribution in [-0.2, 0) is 63.9 Å². The van der Waals surface area contributed by atoms with Gasteiger partial charge in [0.1, 0.15) is 22.9 Å². The molecule has 95 heavy (non-hydrogen) atoms. The predicted octanol–water partition coefficient (Wildman–Crippen LogP) is 14.4. The van der Waals surface area contributed by atoms with Crippen LogP contribution in [0.4, 0.5) is 0 Å². The minimum absolute atomic E-state index is 0.0644. The number of hydrogen-bond donors (Lipinski definition) is 3. The number of amides is 4. The monoisotopic (exact) mass is 1370 g/mol. The van der Waals surface area contributed by atoms with Crippen molar-refractivity contribution in [1.29, 1.82) is 0 Å². The highest BCUT2D eigenvalue weighted by Gasteiger charge is 2.30. The van der Waals surface area contributed by atoms with Crippen molar-refractivity contribution in [3.05, 3.63) is 65.7 Å². The molecule has 0 atom stereocenters. The summed E-state index contributed by atoms with van der Waals surface area (Å²) in [5, 5.41) is 5.63. The summed E-state index contributed by atoms with van der Waals surface area (Å²) in [6.07, 6.45) is 0.955. The minimum Gasteiger partial charge on any atom is -0.494 e. The summed E-state index contributed by atoms with van der Waals surface area (Å²) in [5.74, 6) is 1.26. The lowest BCUT2D eigenvalue weighted by Gasteiger charge is -2.36. The van der Waals surface area contributed by atoms with E-state index in [1.54, 1.807) is 41.7 Å². The van der Waals surface area contributed by atoms with E-state index in [1.807, 2.05) is 193 Å². The van der Waals surface area contributed by atoms with Crippen LogP contribution in [-0.4, -0.2) is 163 Å². The summed E-state index contributed by atoms with van der Waals surface area (Å²) in [5.41, 5.74) is 0.758. The number of carbonyl (C=O) groups excluding carboxylic acids is 7. The first-order chi connectivity index (χ1) is 42.0. The molecule has 1 fully saturated rings. The van der Waals surface area contributed by atoms with Crippen molar-refractivity contribution in [3.8, 4) is 5.75 Å². The third-order valence-electron chi connectivity index (χ3n) is 13.0. The smallest absolute Gasteiger partial charge is 0.311 e. The summed E-state index contributed by atoms with van der Waals surface area (Å²) in [6.45, 7) is 70.7. The number of sulfonamides is 1. The average molecular weight is 1370 g/mol. The fourth-order valence-corrected chi connectivity index (χ4v) is 6.23. The maximum Gasteiger partial charge on any atom is 0.311 e. The molecule has 1 saturated heterocycles. The first-order valence-corrected chi connectivity index (χ1v) is 35.2. The molecule has 1 aliphatic rings. The lowest BCUT2D eigenvalue weighted by molar-refractivity contribution is -0.164. The van der Waals surface area contributed by atoms with Crippen molar-refractivity contribution >= 4 is 51.2 Å². The largest absolute Gasteiger partial charge is 0.494 e. The van der Waals surface area contributed by atoms with Gasteiger partial charge in [0.25, 0.3) is 0 Å². The van der Waals surface area contributed by atoms with Crippen molar-refractivity contribution in [2.75, 3.05) is 93.5 Å². The summed E-state index contributed by atoms with van der Waals surface area (Å²) in [7, 11) is 4.28. The van der Waals surface area contributed by atoms with Crippen LogP contribution in [0.1, 0.15) is 240 Å². The number of nitrogens with zero attached hydrogens (tertiary/aromatic N) is 3. The van der Waals surface area contributed by atoms with Gasteiger partial charge in [-0.3, -0.25) is 38.3 Å². The molecule has 4 amide bonds. The van der Waals surface area contributed by atoms with E-state index >= 15 is 0 Å². The fraction of sp³-hybridized carbons (Fsp3) is 0.750. The molecule has 3 N–H and O–H groups in total. The lowest BCUT2D eigenvalue weighted by Crippen LogP contribution is -2.50. The number of carbonyl (C=O) groups is 7. The van der Waals surface area contributed by atoms with Crippen LogP contribution in [0.25, 0.3) is 0 Å². The van der Waals surface area contributed by atoms with Gasteiger partial charge in [-0.05, 0) is 118 Å². The fourth-order valence-electron chi connectivity index (χ4n) is 5.58. The molecule has 2 aromatic rings. The molecule has 3 rings (SSSR count). The van der Waals surface area contributed by atoms with E-state index in [9.17, 15) is 42.0 Å². The zero-order valence-electron chi connectivity index (χ0n) is 67.7. The van der Waals surface area contributed by atoms with E-state index in [2.05, 4.69) is 107 Å². The standard InChI is InChI=1S/C12H18O.C10H20N2O.C10H14.C9H20N2O.C9H18O2.C8H17NO2.C6H13NO3S.2C6H12O/c1-5-13-11-8-6-10(7-9-11)12(2,3)4;1-10(2,3)9(13)12-7-5-11(4)6-8-12;1-10(2,3)9-7-5-4-6-8-9;1-9(2,3)8(12)10-6-7-11(4)5;1-8(2,3)7(10)11-9(4,5)6;1-8(2,3)7(10)9-5-6-11-4;1-6(2,3)5(8)7-11(4,9)10;2*1-5(7)6(2,3)4/h6-9H,5H2,1-4H3;5-8H2,1-4H3;4-8H,1-3H3;6-7H2,1-5H3,(H,10,12);1-6H3;5-6H2,1-4H3,(H,9,10);1-4H3,(H,7,8);2*1-4H3. The molecule has 0 aliphatic carbocycles. The summed E-state index contributed by atoms with van der Waals surface area (Å²) in [4.78, 5) is 83.8. The Hall–Kier alpha value is -5.24. The van der Waals surface area contributed by atoms with Gasteiger partial charge in [-0.2, -0.15) is 0 Å². The van der Waals surface area contributed by atoms with Gasteiger partial charge < -0.3 is 39.5 Å². The van der Waals surface area contributed by atoms with Gasteiger partial charge >= 0.3 is 5.97 Å². The Morgan fingerprint density at radius 1 is 0.495 bits per heavy atom. The summed E-state index contributed by atoms with van der Waals surface area (Å²) >= 11 is 0. The highest BCUT2D eigenvalue weighted by molar-refractivity contribution is 7.89. The number of ether oxygens (including phenoxy) is 3. The maximum absolute atomic E-state index is 11.8. The minimum atomic E-state index is -3.41. The molecule has 0 unspecified atom stereocenters. The summed E-state index contributed by atoms with van der Waals surface area (Å²) in [6, 6.07) is 18.9. The Morgan fingerprint density at radius 3 is 1.07 bits per heavy atom. The van der Waals surface area contributed by atoms with Gasteiger partial charge in [0, 0.05) is 85.4 Å². The van der Waals surface area contributed by atoms with E-state index in [4.69, 9.17) is 14.2 Å². The van der Waals surface area contributed by atoms with Gasteiger partial charge in [-0.25, -0.2) is 8.42 Å². The normalized spacial score (nSPS) is 13.0. The van der Waals surface area contributed by atoms with Crippen LogP contribution >= 0.6 is 0 Å². The Morgan fingerprint density at radius 2 is 0.842 bits per heavy atom. The third-order valence-corrected chi connectivity index (χ3v) is 13.5. The SMILES string of the molecule is CC(=O)C(C)(C)C.CC(=O)C(C)(C)C.CC(C)(C)C(=O)NS(C)(=O)=O.CC(C)(C)OC(=O)C(C)(C)C.CC(C)(C)c1ccccc1.CCOc1ccc(C(C)(C)C)cc1.CN(C)CCNC(=O)C(C)(C)C.CN1CCN(C(=O)C(C)(C)C)CC1.COCCNC(=O)C(C)(C)C. The molecule has 556 valence electrons. The molecule has 1 aliphatic heterocycles. The van der Waals surface area contributed by atoms with Crippen LogP contribution in [0.2, 0.25) is 0 Å². The van der Waals surface area contributed by atoms with E-state index in [-0.39, 0.29) is 73.3 Å². The number of rotatable bonds is 9. The number of ketones is 2. The third kappa shape index (κ3) is 60.9. The van der Waals surface area contributed by atoms with Gasteiger partial charge in [0.15, 0.2) is 0 Å². The Bertz CT molecular complexity index is 2570. The molecule has 18 nitrogen and oxygen atoms in total. The topological polar surface area (TPSA) is 227 Å². The zero-order valence-corrected chi connectivity index (χ0v) is 68.5. The second kappa shape index (κ2) is 44.6. The van der Waals surface area contributed by atoms with Gasteiger partial charge in [0.05, 0.1) is 24.9 Å². The molecule has 0 bridgehead atoms. The lowest BCUT2D eigenvalue weighted by atomic mass is 9.87. The number of nitrogens with one attached hydrogen (secondary N) is 3. The molecular weight excluding hydrogens is 1220 g/mol. The Balaban J connectivity index is -0.000000236. The molecule has 0 aromatic heterocycles. The first-order valence-electron chi connectivity index (χ1n) is 33.3. The highest BCUT2D eigenvalue weighted by Crippen LogP contribution is 2.25. The van der Waals surface area contributed by atoms with Crippen LogP contribution in [0, 0.1) is 37.9 Å². The van der Waals surface area contributed by atoms with E-state index in [1.165, 1.54) is 11.1 Å². The number of esters is 1. The van der Waals surface area contributed by atoms with Crippen molar-refractivity contribution in [1.82, 2.24) is 30.1 Å². The van der Waals surface area contributed by atoms with E-state index in [0.717, 1.165) is 57.9 Å². The molecule has 19 heteroatoms. The number of Topliss-reactive ketones (excluding diaryl/α,β-unsaturated/α-hetero) is 2. The van der Waals surface area contributed by atoms with Gasteiger partial charge in [0.2, 0.25) is 33.7 Å². The summed E-state index contributed by atoms with van der Waals surface area (Å²) < 4.78 is 38.3. The average Bonchev–Trinajstić information content (AvgIpc) is 0.952. The van der Waals surface area contributed by atoms with Crippen LogP contribution in [0.15, 0.2) is 54.6 Å². The first kappa shape index (κ1) is 101. The molecule has 0 radical (unpaired) electrons. The number of piperazine rings is 1. The second-order valence-electron chi connectivity index (χ2n) is 34.3. The van der Waals surface area contributed by atoms with Crippen LogP contribution in [0.5, 0.6) is 5.75 Å². The zero-order chi connectivity index (χ0) is 77.0.